The number of hydrogen-bond acceptors (Lipinski definition) is 5. The quantitative estimate of drug-likeness (QED) is 0.222. The fourth-order valence-electron chi connectivity index (χ4n) is 4.62. The Kier molecular flexibility index (Phi) is 10.8. The summed E-state index contributed by atoms with van der Waals surface area (Å²) in [5, 5.41) is 0.692. The summed E-state index contributed by atoms with van der Waals surface area (Å²) in [7, 11) is 0. The maximum atomic E-state index is 12.2. The van der Waals surface area contributed by atoms with Gasteiger partial charge in [-0.1, -0.05) is 53.8 Å². The average Bonchev–Trinajstić information content (AvgIpc) is 2.97. The fourth-order valence-corrected chi connectivity index (χ4v) is 4.74. The Balaban J connectivity index is 1.47. The van der Waals surface area contributed by atoms with Crippen molar-refractivity contribution in [2.75, 3.05) is 46.1 Å². The first-order valence-electron chi connectivity index (χ1n) is 13.7. The van der Waals surface area contributed by atoms with Crippen LogP contribution in [0, 0.1) is 18.8 Å². The molecule has 0 amide bonds. The maximum Gasteiger partial charge on any atom is 0.313 e. The highest BCUT2D eigenvalue weighted by Gasteiger charge is 2.18. The number of carbonyl (C=O) groups excluding carboxylic acids is 1. The van der Waals surface area contributed by atoms with Crippen LogP contribution in [0.2, 0.25) is 5.02 Å². The first-order chi connectivity index (χ1) is 19.4. The molecule has 3 aromatic rings. The second-order valence-electron chi connectivity index (χ2n) is 9.70. The van der Waals surface area contributed by atoms with Gasteiger partial charge in [0.2, 0.25) is 0 Å². The Labute approximate surface area is 242 Å². The summed E-state index contributed by atoms with van der Waals surface area (Å²) in [6.45, 7) is 10.6. The number of rotatable bonds is 9. The summed E-state index contributed by atoms with van der Waals surface area (Å²) in [6.07, 6.45) is 2.08. The summed E-state index contributed by atoms with van der Waals surface area (Å²) in [5.74, 6) is 6.77. The van der Waals surface area contributed by atoms with Crippen LogP contribution >= 0.6 is 11.6 Å². The smallest absolute Gasteiger partial charge is 0.313 e. The number of carbonyl (C=O) groups is 1. The molecule has 1 aliphatic heterocycles. The molecular formula is C34H36ClNO4. The van der Waals surface area contributed by atoms with Crippen molar-refractivity contribution in [1.82, 2.24) is 4.90 Å². The second kappa shape index (κ2) is 14.7. The van der Waals surface area contributed by atoms with Crippen molar-refractivity contribution < 1.29 is 19.0 Å². The average molecular weight is 558 g/mol. The maximum absolute atomic E-state index is 12.2. The van der Waals surface area contributed by atoms with Crippen LogP contribution < -0.4 is 4.74 Å². The van der Waals surface area contributed by atoms with Crippen LogP contribution in [0.4, 0.5) is 0 Å². The van der Waals surface area contributed by atoms with Crippen LogP contribution in [0.25, 0.3) is 5.57 Å². The van der Waals surface area contributed by atoms with Gasteiger partial charge in [-0.05, 0) is 91.1 Å². The predicted molar refractivity (Wildman–Crippen MR) is 161 cm³/mol. The van der Waals surface area contributed by atoms with Gasteiger partial charge in [-0.25, -0.2) is 0 Å². The summed E-state index contributed by atoms with van der Waals surface area (Å²) < 4.78 is 16.7. The van der Waals surface area contributed by atoms with Crippen molar-refractivity contribution >= 4 is 23.1 Å². The molecule has 1 fully saturated rings. The van der Waals surface area contributed by atoms with E-state index in [0.717, 1.165) is 72.0 Å². The van der Waals surface area contributed by atoms with E-state index in [1.807, 2.05) is 63.2 Å². The Hall–Kier alpha value is -3.56. The van der Waals surface area contributed by atoms with E-state index in [-0.39, 0.29) is 11.9 Å². The Morgan fingerprint density at radius 2 is 1.73 bits per heavy atom. The monoisotopic (exact) mass is 557 g/mol. The van der Waals surface area contributed by atoms with Gasteiger partial charge in [-0.3, -0.25) is 9.69 Å². The van der Waals surface area contributed by atoms with Crippen molar-refractivity contribution in [3.63, 3.8) is 0 Å². The number of ether oxygens (including phenoxy) is 3. The Morgan fingerprint density at radius 3 is 2.38 bits per heavy atom. The molecule has 4 rings (SSSR count). The van der Waals surface area contributed by atoms with Gasteiger partial charge in [-0.15, -0.1) is 0 Å². The largest absolute Gasteiger partial charge is 0.490 e. The summed E-state index contributed by atoms with van der Waals surface area (Å²) in [6, 6.07) is 21.9. The molecule has 0 saturated carbocycles. The molecule has 6 heteroatoms. The van der Waals surface area contributed by atoms with Gasteiger partial charge < -0.3 is 14.2 Å². The van der Waals surface area contributed by atoms with E-state index in [1.165, 1.54) is 0 Å². The van der Waals surface area contributed by atoms with Gasteiger partial charge in [0.05, 0.1) is 32.3 Å². The number of nitrogens with zero attached hydrogens (tertiary/aromatic N) is 1. The number of benzene rings is 3. The molecule has 0 radical (unpaired) electrons. The van der Waals surface area contributed by atoms with Gasteiger partial charge in [0.15, 0.2) is 0 Å². The predicted octanol–water partition coefficient (Wildman–Crippen LogP) is 6.51. The van der Waals surface area contributed by atoms with E-state index in [4.69, 9.17) is 25.8 Å². The third-order valence-electron chi connectivity index (χ3n) is 6.88. The number of halogens is 1. The van der Waals surface area contributed by atoms with Gasteiger partial charge in [0.25, 0.3) is 0 Å². The van der Waals surface area contributed by atoms with Crippen molar-refractivity contribution in [2.24, 2.45) is 0 Å². The lowest BCUT2D eigenvalue weighted by Gasteiger charge is -2.24. The first kappa shape index (κ1) is 29.4. The van der Waals surface area contributed by atoms with Crippen molar-refractivity contribution in [2.45, 2.75) is 26.7 Å². The van der Waals surface area contributed by atoms with E-state index >= 15 is 0 Å². The van der Waals surface area contributed by atoms with Gasteiger partial charge >= 0.3 is 5.97 Å². The van der Waals surface area contributed by atoms with E-state index in [1.54, 1.807) is 0 Å². The minimum atomic E-state index is -0.322. The van der Waals surface area contributed by atoms with E-state index in [0.29, 0.717) is 18.2 Å². The number of aryl methyl sites for hydroxylation is 1. The molecule has 1 unspecified atom stereocenters. The van der Waals surface area contributed by atoms with Crippen LogP contribution in [0.5, 0.6) is 5.75 Å². The molecule has 0 aliphatic carbocycles. The lowest BCUT2D eigenvalue weighted by Crippen LogP contribution is -2.36. The zero-order chi connectivity index (χ0) is 28.3. The molecule has 3 aromatic carbocycles. The minimum Gasteiger partial charge on any atom is -0.490 e. The molecule has 1 saturated heterocycles. The minimum absolute atomic E-state index is 0.219. The highest BCUT2D eigenvalue weighted by atomic mass is 35.5. The highest BCUT2D eigenvalue weighted by Crippen LogP contribution is 2.27. The second-order valence-corrected chi connectivity index (χ2v) is 10.1. The number of morpholine rings is 1. The molecule has 1 heterocycles. The van der Waals surface area contributed by atoms with Gasteiger partial charge in [0.1, 0.15) is 12.4 Å². The van der Waals surface area contributed by atoms with Crippen molar-refractivity contribution in [3.8, 4) is 17.6 Å². The third kappa shape index (κ3) is 8.22. The topological polar surface area (TPSA) is 48.0 Å². The van der Waals surface area contributed by atoms with E-state index in [9.17, 15) is 4.79 Å². The number of esters is 1. The van der Waals surface area contributed by atoms with Gasteiger partial charge in [-0.2, -0.15) is 0 Å². The molecule has 0 bridgehead atoms. The standard InChI is InChI=1S/C34H36ClNO4/c1-4-39-34(37)26(3)32-16-15-31(24-25(32)2)40-21-17-33(29-11-13-30(35)14-12-29)28-9-7-27(8-10-28)6-5-18-36-19-22-38-23-20-36/h7-17,24,26H,4,18-23H2,1-3H3/b33-17+. The summed E-state index contributed by atoms with van der Waals surface area (Å²) in [5.41, 5.74) is 6.08. The molecule has 0 spiro atoms. The lowest BCUT2D eigenvalue weighted by atomic mass is 9.96. The molecular weight excluding hydrogens is 522 g/mol. The molecule has 5 nitrogen and oxygen atoms in total. The third-order valence-corrected chi connectivity index (χ3v) is 7.13. The molecule has 40 heavy (non-hydrogen) atoms. The number of hydrogen-bond donors (Lipinski definition) is 0. The summed E-state index contributed by atoms with van der Waals surface area (Å²) >= 11 is 6.16. The SMILES string of the molecule is CCOC(=O)C(C)c1ccc(OC/C=C(/c2ccc(Cl)cc2)c2ccc(C#CCN3CCOCC3)cc2)cc1C. The van der Waals surface area contributed by atoms with Crippen LogP contribution in [0.1, 0.15) is 47.6 Å². The Morgan fingerprint density at radius 1 is 1.05 bits per heavy atom. The summed E-state index contributed by atoms with van der Waals surface area (Å²) in [4.78, 5) is 14.5. The van der Waals surface area contributed by atoms with E-state index < -0.39 is 0 Å². The molecule has 0 aromatic heterocycles. The van der Waals surface area contributed by atoms with Crippen LogP contribution in [0.15, 0.2) is 72.8 Å². The Bertz CT molecular complexity index is 1360. The van der Waals surface area contributed by atoms with Crippen molar-refractivity contribution in [1.29, 1.82) is 0 Å². The molecule has 208 valence electrons. The first-order valence-corrected chi connectivity index (χ1v) is 14.1. The zero-order valence-electron chi connectivity index (χ0n) is 23.4. The normalized spacial score (nSPS) is 14.7. The fraction of sp³-hybridized carbons (Fsp3) is 0.324. The van der Waals surface area contributed by atoms with E-state index in [2.05, 4.69) is 47.1 Å². The van der Waals surface area contributed by atoms with Crippen LogP contribution in [-0.2, 0) is 14.3 Å². The zero-order valence-corrected chi connectivity index (χ0v) is 24.2. The van der Waals surface area contributed by atoms with Gasteiger partial charge in [0, 0.05) is 23.7 Å². The molecule has 0 N–H and O–H groups in total. The molecule has 1 aliphatic rings. The van der Waals surface area contributed by atoms with Crippen LogP contribution in [0.3, 0.4) is 0 Å². The highest BCUT2D eigenvalue weighted by molar-refractivity contribution is 6.30. The molecule has 1 atom stereocenters. The van der Waals surface area contributed by atoms with Crippen LogP contribution in [-0.4, -0.2) is 56.9 Å². The lowest BCUT2D eigenvalue weighted by molar-refractivity contribution is -0.144. The van der Waals surface area contributed by atoms with Crippen molar-refractivity contribution in [3.05, 3.63) is 106 Å².